The van der Waals surface area contributed by atoms with E-state index in [1.807, 2.05) is 44.0 Å². The fourth-order valence-electron chi connectivity index (χ4n) is 6.59. The van der Waals surface area contributed by atoms with E-state index in [0.29, 0.717) is 11.8 Å². The summed E-state index contributed by atoms with van der Waals surface area (Å²) in [5, 5.41) is 16.5. The molecule has 46 heavy (non-hydrogen) atoms. The minimum atomic E-state index is -0.720. The van der Waals surface area contributed by atoms with Crippen molar-refractivity contribution in [1.82, 2.24) is 20.2 Å². The van der Waals surface area contributed by atoms with Crippen LogP contribution in [0.1, 0.15) is 94.3 Å². The van der Waals surface area contributed by atoms with Crippen LogP contribution in [0.15, 0.2) is 48.8 Å². The predicted octanol–water partition coefficient (Wildman–Crippen LogP) is 7.53. The summed E-state index contributed by atoms with van der Waals surface area (Å²) < 4.78 is 0.905. The van der Waals surface area contributed by atoms with Gasteiger partial charge in [-0.1, -0.05) is 51.8 Å². The average molecular weight is 626 g/mol. The molecule has 0 bridgehead atoms. The topological polar surface area (TPSA) is 88.0 Å². The molecule has 0 aliphatic rings. The van der Waals surface area contributed by atoms with Gasteiger partial charge < -0.3 is 20.4 Å². The molecule has 248 valence electrons. The molecule has 7 heteroatoms. The van der Waals surface area contributed by atoms with Crippen LogP contribution in [0.4, 0.5) is 0 Å². The average Bonchev–Trinajstić information content (AvgIpc) is 3.36. The molecule has 0 aliphatic heterocycles. The third-order valence-corrected chi connectivity index (χ3v) is 8.84. The molecule has 2 N–H and O–H groups in total. The van der Waals surface area contributed by atoms with Crippen molar-refractivity contribution < 1.29 is 9.52 Å². The van der Waals surface area contributed by atoms with Gasteiger partial charge in [0.25, 0.3) is 0 Å². The lowest BCUT2D eigenvalue weighted by atomic mass is 9.82. The fourth-order valence-corrected chi connectivity index (χ4v) is 6.59. The Hall–Kier alpha value is -3.71. The van der Waals surface area contributed by atoms with Gasteiger partial charge >= 0.3 is 0 Å². The van der Waals surface area contributed by atoms with Crippen molar-refractivity contribution in [3.8, 4) is 11.3 Å². The molecule has 0 fully saturated rings. The van der Waals surface area contributed by atoms with Crippen molar-refractivity contribution in [1.29, 1.82) is 0 Å². The maximum Gasteiger partial charge on any atom is 0.232 e. The van der Waals surface area contributed by atoms with Crippen molar-refractivity contribution in [3.05, 3.63) is 87.5 Å². The van der Waals surface area contributed by atoms with Crippen molar-refractivity contribution in [2.45, 2.75) is 93.4 Å². The molecule has 4 rings (SSSR count). The first kappa shape index (κ1) is 35.1. The highest BCUT2D eigenvalue weighted by Crippen LogP contribution is 2.38. The third-order valence-electron chi connectivity index (χ3n) is 8.84. The first-order valence-electron chi connectivity index (χ1n) is 17.0. The molecule has 3 aromatic heterocycles. The van der Waals surface area contributed by atoms with E-state index in [1.165, 1.54) is 22.3 Å². The Balaban J connectivity index is 1.65. The van der Waals surface area contributed by atoms with Gasteiger partial charge in [-0.05, 0) is 105 Å². The van der Waals surface area contributed by atoms with Gasteiger partial charge in [-0.15, -0.1) is 0 Å². The van der Waals surface area contributed by atoms with Gasteiger partial charge in [0.15, 0.2) is 11.9 Å². The molecular formula is C39H55N5O2. The molecule has 0 unspecified atom stereocenters. The SMILES string of the molecule is Cc1cc(C)cc(-c2[nH]c3ncc(C(C)(C)C(=O)N(CC(C)C)CC(C)C)cc3c2[C@H](C)CNCCCc2cc[n+]([O-])c(C)c2)c1. The largest absolute Gasteiger partial charge is 0.619 e. The van der Waals surface area contributed by atoms with Crippen LogP contribution in [0.3, 0.4) is 0 Å². The number of hydrogen-bond donors (Lipinski definition) is 2. The van der Waals surface area contributed by atoms with Crippen molar-refractivity contribution in [2.24, 2.45) is 11.8 Å². The number of nitrogens with one attached hydrogen (secondary N) is 2. The van der Waals surface area contributed by atoms with E-state index >= 15 is 0 Å². The number of nitrogens with zero attached hydrogens (tertiary/aromatic N) is 3. The Morgan fingerprint density at radius 1 is 1.00 bits per heavy atom. The Labute approximate surface area is 276 Å². The first-order valence-corrected chi connectivity index (χ1v) is 17.0. The molecule has 0 radical (unpaired) electrons. The summed E-state index contributed by atoms with van der Waals surface area (Å²) in [5.41, 5.74) is 8.90. The van der Waals surface area contributed by atoms with Crippen LogP contribution in [0.25, 0.3) is 22.3 Å². The zero-order chi connectivity index (χ0) is 33.8. The van der Waals surface area contributed by atoms with Crippen LogP contribution < -0.4 is 10.0 Å². The molecule has 1 amide bonds. The molecule has 1 aromatic carbocycles. The number of aromatic nitrogens is 3. The standard InChI is InChI=1S/C39H55N5O2/c1-25(2)23-43(24-26(3)4)38(45)39(9,10)33-20-34-35(29(7)21-40-14-11-12-31-13-15-44(46)30(8)19-31)36(42-37(34)41-22-33)32-17-27(5)16-28(6)18-32/h13,15-20,22,25-26,29,40H,11-12,14,21,23-24H2,1-10H3,(H,41,42)/t29-/m1/s1. The van der Waals surface area contributed by atoms with Crippen LogP contribution in [-0.2, 0) is 16.6 Å². The first-order chi connectivity index (χ1) is 21.7. The molecule has 7 nitrogen and oxygen atoms in total. The molecule has 4 aromatic rings. The van der Waals surface area contributed by atoms with E-state index in [4.69, 9.17) is 4.98 Å². The van der Waals surface area contributed by atoms with Crippen molar-refractivity contribution in [2.75, 3.05) is 26.2 Å². The number of benzene rings is 1. The number of rotatable bonds is 14. The second-order valence-corrected chi connectivity index (χ2v) is 14.7. The maximum absolute atomic E-state index is 14.1. The van der Waals surface area contributed by atoms with E-state index < -0.39 is 5.41 Å². The van der Waals surface area contributed by atoms with Gasteiger partial charge in [-0.25, -0.2) is 4.98 Å². The smallest absolute Gasteiger partial charge is 0.232 e. The quantitative estimate of drug-likeness (QED) is 0.0861. The Bertz CT molecular complexity index is 1620. The van der Waals surface area contributed by atoms with E-state index in [9.17, 15) is 10.0 Å². The number of H-pyrrole nitrogens is 1. The number of pyridine rings is 2. The van der Waals surface area contributed by atoms with Gasteiger partial charge in [0.1, 0.15) is 5.65 Å². The number of aryl methyl sites for hydroxylation is 4. The normalized spacial score (nSPS) is 12.8. The zero-order valence-corrected chi connectivity index (χ0v) is 29.8. The lowest BCUT2D eigenvalue weighted by molar-refractivity contribution is -0.612. The third kappa shape index (κ3) is 8.35. The monoisotopic (exact) mass is 625 g/mol. The number of hydrogen-bond acceptors (Lipinski definition) is 4. The summed E-state index contributed by atoms with van der Waals surface area (Å²) in [7, 11) is 0. The zero-order valence-electron chi connectivity index (χ0n) is 29.8. The Kier molecular flexibility index (Phi) is 11.3. The molecule has 3 heterocycles. The molecule has 0 saturated heterocycles. The predicted molar refractivity (Wildman–Crippen MR) is 190 cm³/mol. The van der Waals surface area contributed by atoms with E-state index in [-0.39, 0.29) is 11.8 Å². The number of carbonyl (C=O) groups is 1. The summed E-state index contributed by atoms with van der Waals surface area (Å²) >= 11 is 0. The minimum absolute atomic E-state index is 0.149. The van der Waals surface area contributed by atoms with Crippen LogP contribution in [0, 0.1) is 37.8 Å². The van der Waals surface area contributed by atoms with E-state index in [2.05, 4.69) is 83.0 Å². The number of aromatic amines is 1. The molecule has 0 aliphatic carbocycles. The minimum Gasteiger partial charge on any atom is -0.619 e. The second kappa shape index (κ2) is 14.8. The summed E-state index contributed by atoms with van der Waals surface area (Å²) in [6.45, 7) is 24.3. The fraction of sp³-hybridized carbons (Fsp3) is 0.513. The number of fused-ring (bicyclic) bond motifs is 1. The van der Waals surface area contributed by atoms with Crippen LogP contribution in [-0.4, -0.2) is 47.0 Å². The van der Waals surface area contributed by atoms with Crippen molar-refractivity contribution in [3.63, 3.8) is 0 Å². The van der Waals surface area contributed by atoms with Crippen LogP contribution in [0.2, 0.25) is 0 Å². The van der Waals surface area contributed by atoms with Gasteiger partial charge in [-0.3, -0.25) is 4.79 Å². The molecular weight excluding hydrogens is 570 g/mol. The Morgan fingerprint density at radius 2 is 1.65 bits per heavy atom. The highest BCUT2D eigenvalue weighted by molar-refractivity contribution is 5.92. The van der Waals surface area contributed by atoms with Crippen LogP contribution in [0.5, 0.6) is 0 Å². The molecule has 0 spiro atoms. The number of amides is 1. The highest BCUT2D eigenvalue weighted by Gasteiger charge is 2.35. The maximum atomic E-state index is 14.1. The Morgan fingerprint density at radius 3 is 2.26 bits per heavy atom. The molecule has 0 saturated carbocycles. The van der Waals surface area contributed by atoms with E-state index in [0.717, 1.165) is 77.3 Å². The molecule has 1 atom stereocenters. The number of carbonyl (C=O) groups excluding carboxylic acids is 1. The van der Waals surface area contributed by atoms with Gasteiger partial charge in [0.2, 0.25) is 5.91 Å². The van der Waals surface area contributed by atoms with Gasteiger partial charge in [0.05, 0.1) is 11.1 Å². The van der Waals surface area contributed by atoms with Crippen molar-refractivity contribution >= 4 is 16.9 Å². The van der Waals surface area contributed by atoms with Crippen LogP contribution >= 0.6 is 0 Å². The summed E-state index contributed by atoms with van der Waals surface area (Å²) in [6.07, 6.45) is 5.38. The second-order valence-electron chi connectivity index (χ2n) is 14.7. The summed E-state index contributed by atoms with van der Waals surface area (Å²) in [6, 6.07) is 12.8. The lowest BCUT2D eigenvalue weighted by Gasteiger charge is -2.34. The lowest BCUT2D eigenvalue weighted by Crippen LogP contribution is -2.46. The van der Waals surface area contributed by atoms with E-state index in [1.54, 1.807) is 6.20 Å². The van der Waals surface area contributed by atoms with Gasteiger partial charge in [-0.2, -0.15) is 4.73 Å². The highest BCUT2D eigenvalue weighted by atomic mass is 16.5. The van der Waals surface area contributed by atoms with Gasteiger partial charge in [0, 0.05) is 50.3 Å². The summed E-state index contributed by atoms with van der Waals surface area (Å²) in [4.78, 5) is 24.7. The summed E-state index contributed by atoms with van der Waals surface area (Å²) in [5.74, 6) is 1.13.